The lowest BCUT2D eigenvalue weighted by atomic mass is 10.1. The fourth-order valence-electron chi connectivity index (χ4n) is 2.97. The average molecular weight is 440 g/mol. The molecule has 0 saturated heterocycles. The molecule has 1 aromatic heterocycles. The predicted molar refractivity (Wildman–Crippen MR) is 116 cm³/mol. The number of carboxylic acid groups (broad SMARTS) is 1. The number of aromatic carboxylic acids is 1. The Kier molecular flexibility index (Phi) is 5.52. The lowest BCUT2D eigenvalue weighted by molar-refractivity contribution is 0.0696. The summed E-state index contributed by atoms with van der Waals surface area (Å²) in [6.45, 7) is 0. The first kappa shape index (κ1) is 20.1. The number of para-hydroxylation sites is 2. The Morgan fingerprint density at radius 3 is 2.47 bits per heavy atom. The zero-order valence-electron chi connectivity index (χ0n) is 15.6. The van der Waals surface area contributed by atoms with Gasteiger partial charge in [-0.3, -0.25) is 4.72 Å². The summed E-state index contributed by atoms with van der Waals surface area (Å²) in [5.74, 6) is -0.614. The van der Waals surface area contributed by atoms with E-state index in [1.54, 1.807) is 66.7 Å². The molecule has 0 amide bonds. The van der Waals surface area contributed by atoms with Crippen LogP contribution in [0.25, 0.3) is 11.0 Å². The number of hydrogen-bond acceptors (Lipinski definition) is 5. The number of fused-ring (bicyclic) bond motifs is 1. The molecule has 0 aliphatic heterocycles. The van der Waals surface area contributed by atoms with Gasteiger partial charge in [-0.25, -0.2) is 4.79 Å². The first-order valence-electron chi connectivity index (χ1n) is 8.98. The minimum Gasteiger partial charge on any atom is -0.478 e. The summed E-state index contributed by atoms with van der Waals surface area (Å²) in [5.41, 5.74) is 1.77. The molecule has 0 saturated carbocycles. The Hall–Kier alpha value is -3.23. The molecule has 0 aliphatic carbocycles. The highest BCUT2D eigenvalue weighted by Crippen LogP contribution is 2.33. The normalized spacial score (nSPS) is 11.5. The number of sulfonamides is 1. The van der Waals surface area contributed by atoms with Crippen molar-refractivity contribution in [2.24, 2.45) is 0 Å². The molecule has 0 bridgehead atoms. The maximum atomic E-state index is 12.8. The van der Waals surface area contributed by atoms with E-state index < -0.39 is 16.0 Å². The smallest absolute Gasteiger partial charge is 0.335 e. The van der Waals surface area contributed by atoms with Gasteiger partial charge in [-0.15, -0.1) is 11.8 Å². The molecule has 2 N–H and O–H groups in total. The topological polar surface area (TPSA) is 96.6 Å². The van der Waals surface area contributed by atoms with E-state index in [0.29, 0.717) is 32.9 Å². The number of anilines is 1. The molecule has 0 spiro atoms. The molecule has 30 heavy (non-hydrogen) atoms. The van der Waals surface area contributed by atoms with Crippen LogP contribution < -0.4 is 4.72 Å². The van der Waals surface area contributed by atoms with Gasteiger partial charge in [0, 0.05) is 22.1 Å². The molecule has 0 unspecified atom stereocenters. The SMILES string of the molecule is O=C(O)c1ccccc1CSc1ccccc1NS(=O)(=O)c1cc2ccccc2o1. The third kappa shape index (κ3) is 4.19. The highest BCUT2D eigenvalue weighted by atomic mass is 32.2. The van der Waals surface area contributed by atoms with Crippen LogP contribution in [0.15, 0.2) is 93.3 Å². The van der Waals surface area contributed by atoms with Gasteiger partial charge in [0.15, 0.2) is 0 Å². The van der Waals surface area contributed by atoms with Crippen molar-refractivity contribution < 1.29 is 22.7 Å². The monoisotopic (exact) mass is 439 g/mol. The van der Waals surface area contributed by atoms with Crippen LogP contribution in [0.3, 0.4) is 0 Å². The van der Waals surface area contributed by atoms with Gasteiger partial charge < -0.3 is 9.52 Å². The van der Waals surface area contributed by atoms with Crippen LogP contribution in [-0.4, -0.2) is 19.5 Å². The van der Waals surface area contributed by atoms with E-state index >= 15 is 0 Å². The van der Waals surface area contributed by atoms with Crippen LogP contribution in [0.5, 0.6) is 0 Å². The summed E-state index contributed by atoms with van der Waals surface area (Å²) in [4.78, 5) is 12.1. The minimum absolute atomic E-state index is 0.167. The largest absolute Gasteiger partial charge is 0.478 e. The van der Waals surface area contributed by atoms with Gasteiger partial charge in [0.05, 0.1) is 11.3 Å². The summed E-state index contributed by atoms with van der Waals surface area (Å²) < 4.78 is 33.8. The van der Waals surface area contributed by atoms with E-state index in [0.717, 1.165) is 0 Å². The summed E-state index contributed by atoms with van der Waals surface area (Å²) in [5, 5.41) is 9.88. The second-order valence-corrected chi connectivity index (χ2v) is 9.09. The van der Waals surface area contributed by atoms with Crippen molar-refractivity contribution in [3.63, 3.8) is 0 Å². The van der Waals surface area contributed by atoms with Crippen molar-refractivity contribution >= 4 is 44.4 Å². The molecule has 0 fully saturated rings. The third-order valence-corrected chi connectivity index (χ3v) is 6.77. The summed E-state index contributed by atoms with van der Waals surface area (Å²) in [7, 11) is -3.93. The van der Waals surface area contributed by atoms with Crippen molar-refractivity contribution in [2.75, 3.05) is 4.72 Å². The Morgan fingerprint density at radius 1 is 0.967 bits per heavy atom. The van der Waals surface area contributed by atoms with Gasteiger partial charge in [0.2, 0.25) is 5.09 Å². The third-order valence-electron chi connectivity index (χ3n) is 4.43. The van der Waals surface area contributed by atoms with Gasteiger partial charge in [0.25, 0.3) is 10.0 Å². The lowest BCUT2D eigenvalue weighted by Gasteiger charge is -2.12. The predicted octanol–water partition coefficient (Wildman–Crippen LogP) is 5.22. The van der Waals surface area contributed by atoms with E-state index in [2.05, 4.69) is 4.72 Å². The molecular weight excluding hydrogens is 422 g/mol. The van der Waals surface area contributed by atoms with Crippen LogP contribution in [0.4, 0.5) is 5.69 Å². The molecule has 152 valence electrons. The van der Waals surface area contributed by atoms with E-state index in [1.165, 1.54) is 17.8 Å². The quantitative estimate of drug-likeness (QED) is 0.383. The van der Waals surface area contributed by atoms with Crippen molar-refractivity contribution in [3.8, 4) is 0 Å². The molecular formula is C22H17NO5S2. The highest BCUT2D eigenvalue weighted by molar-refractivity contribution is 7.98. The highest BCUT2D eigenvalue weighted by Gasteiger charge is 2.21. The molecule has 6 nitrogen and oxygen atoms in total. The van der Waals surface area contributed by atoms with Crippen LogP contribution in [0.1, 0.15) is 15.9 Å². The number of rotatable bonds is 7. The first-order chi connectivity index (χ1) is 14.4. The van der Waals surface area contributed by atoms with E-state index in [9.17, 15) is 18.3 Å². The molecule has 3 aromatic carbocycles. The number of furan rings is 1. The van der Waals surface area contributed by atoms with Gasteiger partial charge in [-0.2, -0.15) is 8.42 Å². The molecule has 4 aromatic rings. The van der Waals surface area contributed by atoms with Crippen LogP contribution in [0.2, 0.25) is 0 Å². The second kappa shape index (κ2) is 8.25. The summed E-state index contributed by atoms with van der Waals surface area (Å²) in [6.07, 6.45) is 0. The van der Waals surface area contributed by atoms with Crippen LogP contribution in [-0.2, 0) is 15.8 Å². The maximum Gasteiger partial charge on any atom is 0.335 e. The Balaban J connectivity index is 1.58. The molecule has 4 rings (SSSR count). The second-order valence-electron chi connectivity index (χ2n) is 6.46. The number of carbonyl (C=O) groups is 1. The zero-order valence-corrected chi connectivity index (χ0v) is 17.2. The van der Waals surface area contributed by atoms with E-state index in [-0.39, 0.29) is 10.7 Å². The van der Waals surface area contributed by atoms with Crippen LogP contribution >= 0.6 is 11.8 Å². The van der Waals surface area contributed by atoms with Crippen molar-refractivity contribution in [1.29, 1.82) is 0 Å². The summed E-state index contributed by atoms with van der Waals surface area (Å²) in [6, 6.07) is 22.3. The van der Waals surface area contributed by atoms with Gasteiger partial charge in [0.1, 0.15) is 5.58 Å². The maximum absolute atomic E-state index is 12.8. The Bertz CT molecular complexity index is 1300. The molecule has 8 heteroatoms. The number of nitrogens with one attached hydrogen (secondary N) is 1. The summed E-state index contributed by atoms with van der Waals surface area (Å²) >= 11 is 1.35. The number of thioether (sulfide) groups is 1. The molecule has 0 atom stereocenters. The molecule has 0 radical (unpaired) electrons. The van der Waals surface area contributed by atoms with Gasteiger partial charge in [-0.05, 0) is 29.8 Å². The van der Waals surface area contributed by atoms with Gasteiger partial charge in [-0.1, -0.05) is 48.5 Å². The van der Waals surface area contributed by atoms with E-state index in [1.807, 2.05) is 6.07 Å². The van der Waals surface area contributed by atoms with Gasteiger partial charge >= 0.3 is 5.97 Å². The molecule has 0 aliphatic rings. The number of hydrogen-bond donors (Lipinski definition) is 2. The van der Waals surface area contributed by atoms with Crippen molar-refractivity contribution in [1.82, 2.24) is 0 Å². The van der Waals surface area contributed by atoms with E-state index in [4.69, 9.17) is 4.42 Å². The van der Waals surface area contributed by atoms with Crippen molar-refractivity contribution in [3.05, 3.63) is 90.0 Å². The van der Waals surface area contributed by atoms with Crippen molar-refractivity contribution in [2.45, 2.75) is 15.7 Å². The number of carboxylic acids is 1. The first-order valence-corrected chi connectivity index (χ1v) is 11.5. The molecule has 1 heterocycles. The fourth-order valence-corrected chi connectivity index (χ4v) is 5.10. The fraction of sp³-hybridized carbons (Fsp3) is 0.0455. The lowest BCUT2D eigenvalue weighted by Crippen LogP contribution is -2.12. The minimum atomic E-state index is -3.93. The Morgan fingerprint density at radius 2 is 1.67 bits per heavy atom. The zero-order chi connectivity index (χ0) is 21.1. The van der Waals surface area contributed by atoms with Crippen LogP contribution in [0, 0.1) is 0 Å². The average Bonchev–Trinajstić information content (AvgIpc) is 3.18. The number of benzene rings is 3. The standard InChI is InChI=1S/C22H17NO5S2/c24-22(25)17-9-3-1-8-16(17)14-29-20-12-6-4-10-18(20)23-30(26,27)21-13-15-7-2-5-11-19(15)28-21/h1-13,23H,14H2,(H,24,25). The Labute approximate surface area is 177 Å².